The summed E-state index contributed by atoms with van der Waals surface area (Å²) < 4.78 is 1.00. The molecule has 0 bridgehead atoms. The first kappa shape index (κ1) is 15.1. The number of nitrogens with one attached hydrogen (secondary N) is 1. The zero-order chi connectivity index (χ0) is 15.5. The van der Waals surface area contributed by atoms with Gasteiger partial charge in [-0.1, -0.05) is 25.2 Å². The molecule has 0 unspecified atom stereocenters. The van der Waals surface area contributed by atoms with Crippen molar-refractivity contribution in [2.45, 2.75) is 32.6 Å². The first-order valence-electron chi connectivity index (χ1n) is 7.19. The second-order valence-corrected chi connectivity index (χ2v) is 6.84. The number of carbonyl (C=O) groups excluding carboxylic acids is 1. The van der Waals surface area contributed by atoms with Crippen LogP contribution in [0.15, 0.2) is 23.7 Å². The molecule has 0 aliphatic rings. The van der Waals surface area contributed by atoms with E-state index >= 15 is 0 Å². The van der Waals surface area contributed by atoms with Crippen molar-refractivity contribution in [3.63, 3.8) is 0 Å². The van der Waals surface area contributed by atoms with Gasteiger partial charge in [-0.2, -0.15) is 0 Å². The SMILES string of the molecule is CCC(CC)c1nnc(NC(=O)c2ccc3ncsc3c2)s1. The van der Waals surface area contributed by atoms with Crippen LogP contribution in [0.4, 0.5) is 5.13 Å². The van der Waals surface area contributed by atoms with E-state index in [0.717, 1.165) is 28.1 Å². The van der Waals surface area contributed by atoms with E-state index in [1.54, 1.807) is 11.6 Å². The van der Waals surface area contributed by atoms with Crippen LogP contribution in [-0.2, 0) is 0 Å². The molecule has 0 saturated heterocycles. The normalized spacial score (nSPS) is 11.2. The molecule has 0 atom stereocenters. The average molecular weight is 332 g/mol. The largest absolute Gasteiger partial charge is 0.296 e. The minimum Gasteiger partial charge on any atom is -0.296 e. The predicted octanol–water partition coefficient (Wildman–Crippen LogP) is 4.30. The topological polar surface area (TPSA) is 67.8 Å². The molecule has 3 aromatic rings. The van der Waals surface area contributed by atoms with E-state index in [0.29, 0.717) is 16.6 Å². The molecular formula is C15H16N4OS2. The number of fused-ring (bicyclic) bond motifs is 1. The first-order valence-corrected chi connectivity index (χ1v) is 8.88. The molecule has 3 rings (SSSR count). The van der Waals surface area contributed by atoms with Crippen molar-refractivity contribution < 1.29 is 4.79 Å². The second kappa shape index (κ2) is 6.50. The monoisotopic (exact) mass is 332 g/mol. The Kier molecular flexibility index (Phi) is 4.44. The fraction of sp³-hybridized carbons (Fsp3) is 0.333. The quantitative estimate of drug-likeness (QED) is 0.756. The lowest BCUT2D eigenvalue weighted by molar-refractivity contribution is 0.102. The Morgan fingerprint density at radius 1 is 1.27 bits per heavy atom. The van der Waals surface area contributed by atoms with Gasteiger partial charge in [-0.3, -0.25) is 10.1 Å². The third kappa shape index (κ3) is 3.00. The van der Waals surface area contributed by atoms with Crippen LogP contribution in [0.5, 0.6) is 0 Å². The zero-order valence-corrected chi connectivity index (χ0v) is 14.0. The smallest absolute Gasteiger partial charge is 0.257 e. The summed E-state index contributed by atoms with van der Waals surface area (Å²) >= 11 is 2.98. The molecular weight excluding hydrogens is 316 g/mol. The summed E-state index contributed by atoms with van der Waals surface area (Å²) in [5.74, 6) is 0.249. The molecule has 114 valence electrons. The molecule has 1 amide bonds. The molecule has 0 saturated carbocycles. The van der Waals surface area contributed by atoms with Gasteiger partial charge in [-0.15, -0.1) is 21.5 Å². The lowest BCUT2D eigenvalue weighted by Gasteiger charge is -2.05. The Labute approximate surface area is 136 Å². The minimum absolute atomic E-state index is 0.164. The standard InChI is InChI=1S/C15H16N4OS2/c1-3-9(4-2)14-18-19-15(22-14)17-13(20)10-5-6-11-12(7-10)21-8-16-11/h5-9H,3-4H2,1-2H3,(H,17,19,20). The molecule has 2 heterocycles. The predicted molar refractivity (Wildman–Crippen MR) is 90.8 cm³/mol. The molecule has 7 heteroatoms. The molecule has 0 aliphatic carbocycles. The molecule has 2 aromatic heterocycles. The maximum absolute atomic E-state index is 12.3. The fourth-order valence-electron chi connectivity index (χ4n) is 2.25. The van der Waals surface area contributed by atoms with Crippen molar-refractivity contribution in [1.29, 1.82) is 0 Å². The highest BCUT2D eigenvalue weighted by atomic mass is 32.1. The third-order valence-corrected chi connectivity index (χ3v) is 5.38. The molecule has 22 heavy (non-hydrogen) atoms. The summed E-state index contributed by atoms with van der Waals surface area (Å²) in [6, 6.07) is 5.49. The fourth-order valence-corrected chi connectivity index (χ4v) is 3.98. The van der Waals surface area contributed by atoms with Crippen LogP contribution in [0, 0.1) is 0 Å². The van der Waals surface area contributed by atoms with E-state index in [1.165, 1.54) is 22.7 Å². The Morgan fingerprint density at radius 2 is 2.09 bits per heavy atom. The highest BCUT2D eigenvalue weighted by molar-refractivity contribution is 7.16. The number of amides is 1. The third-order valence-electron chi connectivity index (χ3n) is 3.59. The van der Waals surface area contributed by atoms with E-state index in [2.05, 4.69) is 34.3 Å². The van der Waals surface area contributed by atoms with Gasteiger partial charge in [-0.05, 0) is 31.0 Å². The van der Waals surface area contributed by atoms with Crippen molar-refractivity contribution in [2.75, 3.05) is 5.32 Å². The first-order chi connectivity index (χ1) is 10.7. The number of nitrogens with zero attached hydrogens (tertiary/aromatic N) is 3. The molecule has 5 nitrogen and oxygen atoms in total. The van der Waals surface area contributed by atoms with Crippen LogP contribution in [-0.4, -0.2) is 21.1 Å². The Hall–Kier alpha value is -1.86. The van der Waals surface area contributed by atoms with Crippen molar-refractivity contribution in [3.05, 3.63) is 34.3 Å². The van der Waals surface area contributed by atoms with Crippen LogP contribution in [0.25, 0.3) is 10.2 Å². The number of thiazole rings is 1. The Balaban J connectivity index is 1.76. The maximum atomic E-state index is 12.3. The van der Waals surface area contributed by atoms with E-state index in [-0.39, 0.29) is 5.91 Å². The van der Waals surface area contributed by atoms with Crippen LogP contribution < -0.4 is 5.32 Å². The summed E-state index contributed by atoms with van der Waals surface area (Å²) in [5, 5.41) is 12.6. The lowest BCUT2D eigenvalue weighted by Crippen LogP contribution is -2.11. The van der Waals surface area contributed by atoms with Crippen molar-refractivity contribution >= 4 is 43.9 Å². The molecule has 1 N–H and O–H groups in total. The van der Waals surface area contributed by atoms with E-state index < -0.39 is 0 Å². The highest BCUT2D eigenvalue weighted by Gasteiger charge is 2.15. The van der Waals surface area contributed by atoms with Crippen molar-refractivity contribution in [1.82, 2.24) is 15.2 Å². The van der Waals surface area contributed by atoms with Gasteiger partial charge >= 0.3 is 0 Å². The summed E-state index contributed by atoms with van der Waals surface area (Å²) in [7, 11) is 0. The molecule has 0 aliphatic heterocycles. The molecule has 0 radical (unpaired) electrons. The van der Waals surface area contributed by atoms with Gasteiger partial charge in [0.25, 0.3) is 5.91 Å². The number of carbonyl (C=O) groups is 1. The van der Waals surface area contributed by atoms with E-state index in [4.69, 9.17) is 0 Å². The molecule has 0 spiro atoms. The maximum Gasteiger partial charge on any atom is 0.257 e. The average Bonchev–Trinajstić information content (AvgIpc) is 3.17. The number of rotatable bonds is 5. The van der Waals surface area contributed by atoms with Gasteiger partial charge in [-0.25, -0.2) is 4.98 Å². The summed E-state index contributed by atoms with van der Waals surface area (Å²) in [5.41, 5.74) is 3.29. The number of anilines is 1. The van der Waals surface area contributed by atoms with Crippen molar-refractivity contribution in [3.8, 4) is 0 Å². The van der Waals surface area contributed by atoms with Gasteiger partial charge in [0.2, 0.25) is 5.13 Å². The highest BCUT2D eigenvalue weighted by Crippen LogP contribution is 2.28. The van der Waals surface area contributed by atoms with Crippen LogP contribution in [0.3, 0.4) is 0 Å². The molecule has 1 aromatic carbocycles. The molecule has 0 fully saturated rings. The van der Waals surface area contributed by atoms with Gasteiger partial charge in [0, 0.05) is 11.5 Å². The van der Waals surface area contributed by atoms with E-state index in [1.807, 2.05) is 12.1 Å². The van der Waals surface area contributed by atoms with Gasteiger partial charge in [0.15, 0.2) is 0 Å². The van der Waals surface area contributed by atoms with Crippen molar-refractivity contribution in [2.24, 2.45) is 0 Å². The summed E-state index contributed by atoms with van der Waals surface area (Å²) in [6.45, 7) is 4.27. The second-order valence-electron chi connectivity index (χ2n) is 4.95. The number of hydrogen-bond donors (Lipinski definition) is 1. The number of hydrogen-bond acceptors (Lipinski definition) is 6. The minimum atomic E-state index is -0.164. The van der Waals surface area contributed by atoms with Gasteiger partial charge in [0.1, 0.15) is 5.01 Å². The van der Waals surface area contributed by atoms with Crippen LogP contribution >= 0.6 is 22.7 Å². The van der Waals surface area contributed by atoms with Gasteiger partial charge < -0.3 is 0 Å². The number of benzene rings is 1. The van der Waals surface area contributed by atoms with Crippen LogP contribution in [0.2, 0.25) is 0 Å². The van der Waals surface area contributed by atoms with E-state index in [9.17, 15) is 4.79 Å². The Morgan fingerprint density at radius 3 is 2.86 bits per heavy atom. The van der Waals surface area contributed by atoms with Crippen LogP contribution in [0.1, 0.15) is 48.0 Å². The zero-order valence-electron chi connectivity index (χ0n) is 12.4. The summed E-state index contributed by atoms with van der Waals surface area (Å²) in [6.07, 6.45) is 2.06. The van der Waals surface area contributed by atoms with Gasteiger partial charge in [0.05, 0.1) is 15.7 Å². The lowest BCUT2D eigenvalue weighted by atomic mass is 10.1. The number of aromatic nitrogens is 3. The summed E-state index contributed by atoms with van der Waals surface area (Å²) in [4.78, 5) is 16.5. The Bertz CT molecular complexity index is 792.